The molecule has 4 rings (SSSR count). The number of ether oxygens (including phenoxy) is 3. The van der Waals surface area contributed by atoms with Crippen molar-refractivity contribution in [2.45, 2.75) is 6.61 Å². The number of fused-ring (bicyclic) bond motifs is 1. The molecule has 1 heterocycles. The van der Waals surface area contributed by atoms with Gasteiger partial charge in [-0.2, -0.15) is 0 Å². The van der Waals surface area contributed by atoms with Crippen LogP contribution in [0.25, 0.3) is 6.08 Å². The van der Waals surface area contributed by atoms with E-state index in [2.05, 4.69) is 15.9 Å². The van der Waals surface area contributed by atoms with E-state index in [-0.39, 0.29) is 28.7 Å². The van der Waals surface area contributed by atoms with Gasteiger partial charge in [0.1, 0.15) is 29.7 Å². The van der Waals surface area contributed by atoms with Gasteiger partial charge in [-0.25, -0.2) is 4.39 Å². The van der Waals surface area contributed by atoms with Gasteiger partial charge in [0.2, 0.25) is 5.78 Å². The van der Waals surface area contributed by atoms with Crippen LogP contribution in [0, 0.1) is 5.82 Å². The average Bonchev–Trinajstić information content (AvgIpc) is 3.02. The first-order chi connectivity index (χ1) is 14.5. The minimum atomic E-state index is -0.441. The molecule has 0 bridgehead atoms. The van der Waals surface area contributed by atoms with Gasteiger partial charge in [-0.15, -0.1) is 0 Å². The topological polar surface area (TPSA) is 44.8 Å². The van der Waals surface area contributed by atoms with Gasteiger partial charge >= 0.3 is 0 Å². The molecular weight excluding hydrogens is 475 g/mol. The molecule has 152 valence electrons. The summed E-state index contributed by atoms with van der Waals surface area (Å²) in [4.78, 5) is 12.7. The second kappa shape index (κ2) is 8.50. The summed E-state index contributed by atoms with van der Waals surface area (Å²) in [6.07, 6.45) is 1.63. The van der Waals surface area contributed by atoms with Gasteiger partial charge < -0.3 is 14.2 Å². The van der Waals surface area contributed by atoms with Crippen molar-refractivity contribution in [1.82, 2.24) is 0 Å². The molecule has 0 fully saturated rings. The lowest BCUT2D eigenvalue weighted by molar-refractivity contribution is 0.101. The lowest BCUT2D eigenvalue weighted by atomic mass is 10.1. The van der Waals surface area contributed by atoms with Crippen LogP contribution in [0.3, 0.4) is 0 Å². The van der Waals surface area contributed by atoms with E-state index in [1.807, 2.05) is 12.1 Å². The van der Waals surface area contributed by atoms with Crippen LogP contribution in [-0.2, 0) is 6.61 Å². The molecule has 0 spiro atoms. The first-order valence-corrected chi connectivity index (χ1v) is 10.1. The van der Waals surface area contributed by atoms with Crippen LogP contribution in [-0.4, -0.2) is 12.9 Å². The Hall–Kier alpha value is -2.83. The zero-order valence-corrected chi connectivity index (χ0v) is 18.1. The van der Waals surface area contributed by atoms with Gasteiger partial charge in [-0.05, 0) is 48.5 Å². The van der Waals surface area contributed by atoms with E-state index in [9.17, 15) is 9.18 Å². The average molecular weight is 490 g/mol. The Bertz CT molecular complexity index is 1160. The number of hydrogen-bond acceptors (Lipinski definition) is 4. The second-order valence-corrected chi connectivity index (χ2v) is 7.80. The molecule has 0 amide bonds. The van der Waals surface area contributed by atoms with Crippen molar-refractivity contribution in [3.8, 4) is 17.2 Å². The minimum Gasteiger partial charge on any atom is -0.496 e. The van der Waals surface area contributed by atoms with E-state index < -0.39 is 5.82 Å². The second-order valence-electron chi connectivity index (χ2n) is 6.47. The first kappa shape index (κ1) is 20.4. The monoisotopic (exact) mass is 488 g/mol. The van der Waals surface area contributed by atoms with Crippen molar-refractivity contribution >= 4 is 39.4 Å². The maximum Gasteiger partial charge on any atom is 0.231 e. The Morgan fingerprint density at radius 2 is 2.00 bits per heavy atom. The molecule has 0 atom stereocenters. The van der Waals surface area contributed by atoms with Crippen LogP contribution in [0.1, 0.15) is 21.5 Å². The zero-order valence-electron chi connectivity index (χ0n) is 15.7. The number of Topliss-reactive ketones (excluding diaryl/α,β-unsaturated/α-hetero) is 1. The third-order valence-corrected chi connectivity index (χ3v) is 5.41. The molecule has 0 unspecified atom stereocenters. The van der Waals surface area contributed by atoms with Crippen LogP contribution < -0.4 is 14.2 Å². The number of halogens is 3. The number of hydrogen-bond donors (Lipinski definition) is 0. The zero-order chi connectivity index (χ0) is 21.3. The SMILES string of the molecule is COc1ccc(Br)cc1/C=C1\Oc2cc(OCc3c(F)cccc3Cl)ccc2C1=O. The lowest BCUT2D eigenvalue weighted by Gasteiger charge is -2.09. The van der Waals surface area contributed by atoms with Crippen molar-refractivity contribution in [2.24, 2.45) is 0 Å². The molecule has 3 aromatic carbocycles. The molecule has 1 aliphatic heterocycles. The van der Waals surface area contributed by atoms with Crippen LogP contribution in [0.2, 0.25) is 5.02 Å². The summed E-state index contributed by atoms with van der Waals surface area (Å²) in [5.74, 6) is 0.915. The Labute approximate surface area is 186 Å². The molecule has 3 aromatic rings. The minimum absolute atomic E-state index is 0.0455. The molecule has 0 radical (unpaired) electrons. The smallest absolute Gasteiger partial charge is 0.231 e. The van der Waals surface area contributed by atoms with Gasteiger partial charge in [-0.3, -0.25) is 4.79 Å². The van der Waals surface area contributed by atoms with Crippen molar-refractivity contribution in [3.05, 3.63) is 92.4 Å². The molecule has 0 aromatic heterocycles. The highest BCUT2D eigenvalue weighted by Crippen LogP contribution is 2.36. The summed E-state index contributed by atoms with van der Waals surface area (Å²) < 4.78 is 31.5. The maximum atomic E-state index is 13.9. The van der Waals surface area contributed by atoms with E-state index in [4.69, 9.17) is 25.8 Å². The fourth-order valence-corrected chi connectivity index (χ4v) is 3.64. The predicted molar refractivity (Wildman–Crippen MR) is 116 cm³/mol. The standard InChI is InChI=1S/C23H15BrClFO4/c1-28-20-8-5-14(24)9-13(20)10-22-23(27)16-7-6-15(11-21(16)30-22)29-12-17-18(25)3-2-4-19(17)26/h2-11H,12H2,1H3/b22-10-. The molecule has 4 nitrogen and oxygen atoms in total. The fraction of sp³-hybridized carbons (Fsp3) is 0.0870. The summed E-state index contributed by atoms with van der Waals surface area (Å²) in [6.45, 7) is -0.0455. The number of rotatable bonds is 5. The van der Waals surface area contributed by atoms with Crippen molar-refractivity contribution in [1.29, 1.82) is 0 Å². The third-order valence-electron chi connectivity index (χ3n) is 4.56. The molecule has 30 heavy (non-hydrogen) atoms. The summed E-state index contributed by atoms with van der Waals surface area (Å²) in [5.41, 5.74) is 1.39. The third kappa shape index (κ3) is 4.06. The van der Waals surface area contributed by atoms with Gasteiger partial charge in [0.15, 0.2) is 5.76 Å². The highest BCUT2D eigenvalue weighted by molar-refractivity contribution is 9.10. The van der Waals surface area contributed by atoms with Crippen LogP contribution in [0.5, 0.6) is 17.2 Å². The molecule has 7 heteroatoms. The normalized spacial score (nSPS) is 13.9. The van der Waals surface area contributed by atoms with Gasteiger partial charge in [0.05, 0.1) is 17.7 Å². The van der Waals surface area contributed by atoms with E-state index in [1.165, 1.54) is 12.1 Å². The number of allylic oxidation sites excluding steroid dienone is 1. The van der Waals surface area contributed by atoms with E-state index >= 15 is 0 Å². The predicted octanol–water partition coefficient (Wildman–Crippen LogP) is 6.45. The first-order valence-electron chi connectivity index (χ1n) is 8.94. The molecule has 0 aliphatic carbocycles. The summed E-state index contributed by atoms with van der Waals surface area (Å²) >= 11 is 9.44. The summed E-state index contributed by atoms with van der Waals surface area (Å²) in [7, 11) is 1.56. The van der Waals surface area contributed by atoms with Crippen molar-refractivity contribution in [2.75, 3.05) is 7.11 Å². The van der Waals surface area contributed by atoms with Gasteiger partial charge in [0.25, 0.3) is 0 Å². The maximum absolute atomic E-state index is 13.9. The van der Waals surface area contributed by atoms with Crippen LogP contribution >= 0.6 is 27.5 Å². The Balaban J connectivity index is 1.56. The van der Waals surface area contributed by atoms with E-state index in [1.54, 1.807) is 43.5 Å². The summed E-state index contributed by atoms with van der Waals surface area (Å²) in [6, 6.07) is 14.8. The molecule has 0 saturated carbocycles. The lowest BCUT2D eigenvalue weighted by Crippen LogP contribution is -2.00. The van der Waals surface area contributed by atoms with Crippen LogP contribution in [0.4, 0.5) is 4.39 Å². The fourth-order valence-electron chi connectivity index (χ4n) is 3.04. The van der Waals surface area contributed by atoms with Crippen molar-refractivity contribution in [3.63, 3.8) is 0 Å². The number of carbonyl (C=O) groups is 1. The quantitative estimate of drug-likeness (QED) is 0.387. The number of carbonyl (C=O) groups excluding carboxylic acids is 1. The number of methoxy groups -OCH3 is 1. The molecular formula is C23H15BrClFO4. The van der Waals surface area contributed by atoms with Crippen LogP contribution in [0.15, 0.2) is 64.8 Å². The van der Waals surface area contributed by atoms with Gasteiger partial charge in [-0.1, -0.05) is 33.6 Å². The largest absolute Gasteiger partial charge is 0.496 e. The number of benzene rings is 3. The Morgan fingerprint density at radius 1 is 1.17 bits per heavy atom. The highest BCUT2D eigenvalue weighted by Gasteiger charge is 2.28. The Kier molecular flexibility index (Phi) is 5.79. The van der Waals surface area contributed by atoms with Gasteiger partial charge in [0, 0.05) is 21.7 Å². The summed E-state index contributed by atoms with van der Waals surface area (Å²) in [5, 5.41) is 0.288. The van der Waals surface area contributed by atoms with Crippen molar-refractivity contribution < 1.29 is 23.4 Å². The molecule has 0 saturated heterocycles. The Morgan fingerprint density at radius 3 is 2.77 bits per heavy atom. The highest BCUT2D eigenvalue weighted by atomic mass is 79.9. The number of ketones is 1. The van der Waals surface area contributed by atoms with E-state index in [0.29, 0.717) is 28.4 Å². The molecule has 0 N–H and O–H groups in total. The molecule has 1 aliphatic rings. The van der Waals surface area contributed by atoms with E-state index in [0.717, 1.165) is 4.47 Å².